The maximum atomic E-state index is 3.74. The molecule has 94 valence electrons. The molecule has 0 spiro atoms. The number of likely N-dealkylation sites (tertiary alicyclic amines) is 2. The van der Waals surface area contributed by atoms with Crippen LogP contribution in [0.1, 0.15) is 32.1 Å². The van der Waals surface area contributed by atoms with Crippen molar-refractivity contribution >= 4 is 0 Å². The predicted molar refractivity (Wildman–Crippen MR) is 68.8 cm³/mol. The molecule has 3 nitrogen and oxygen atoms in total. The van der Waals surface area contributed by atoms with Crippen molar-refractivity contribution in [2.24, 2.45) is 0 Å². The van der Waals surface area contributed by atoms with E-state index in [0.29, 0.717) is 0 Å². The second kappa shape index (κ2) is 5.99. The van der Waals surface area contributed by atoms with E-state index in [4.69, 9.17) is 0 Å². The van der Waals surface area contributed by atoms with Gasteiger partial charge in [-0.25, -0.2) is 0 Å². The lowest BCUT2D eigenvalue weighted by Crippen LogP contribution is -2.42. The summed E-state index contributed by atoms with van der Waals surface area (Å²) in [7, 11) is 4.50. The van der Waals surface area contributed by atoms with Crippen LogP contribution in [0.15, 0.2) is 0 Å². The smallest absolute Gasteiger partial charge is 0.0105 e. The Morgan fingerprint density at radius 2 is 1.81 bits per heavy atom. The molecule has 0 radical (unpaired) electrons. The lowest BCUT2D eigenvalue weighted by molar-refractivity contribution is 0.228. The third-order valence-electron chi connectivity index (χ3n) is 4.30. The van der Waals surface area contributed by atoms with E-state index in [1.807, 2.05) is 0 Å². The average Bonchev–Trinajstić information content (AvgIpc) is 2.68. The van der Waals surface area contributed by atoms with Crippen LogP contribution in [0, 0.1) is 0 Å². The Bertz CT molecular complexity index is 199. The summed E-state index contributed by atoms with van der Waals surface area (Å²) in [5.41, 5.74) is 0. The number of nitrogens with zero attached hydrogens (tertiary/aromatic N) is 2. The van der Waals surface area contributed by atoms with Crippen LogP contribution < -0.4 is 5.32 Å². The van der Waals surface area contributed by atoms with Crippen molar-refractivity contribution in [1.29, 1.82) is 0 Å². The average molecular weight is 225 g/mol. The second-order valence-electron chi connectivity index (χ2n) is 5.60. The Balaban J connectivity index is 1.57. The Kier molecular flexibility index (Phi) is 4.62. The van der Waals surface area contributed by atoms with Gasteiger partial charge in [-0.15, -0.1) is 0 Å². The zero-order valence-electron chi connectivity index (χ0n) is 10.9. The monoisotopic (exact) mass is 225 g/mol. The first-order chi connectivity index (χ1) is 7.75. The number of hydrogen-bond donors (Lipinski definition) is 1. The molecular formula is C13H27N3. The molecule has 3 heteroatoms. The molecule has 16 heavy (non-hydrogen) atoms. The quantitative estimate of drug-likeness (QED) is 0.774. The molecule has 0 saturated carbocycles. The van der Waals surface area contributed by atoms with Crippen molar-refractivity contribution < 1.29 is 0 Å². The molecule has 2 rings (SSSR count). The molecule has 2 fully saturated rings. The summed E-state index contributed by atoms with van der Waals surface area (Å²) < 4.78 is 0. The molecule has 1 unspecified atom stereocenters. The number of piperidine rings is 1. The van der Waals surface area contributed by atoms with Gasteiger partial charge in [-0.05, 0) is 72.4 Å². The molecule has 1 N–H and O–H groups in total. The van der Waals surface area contributed by atoms with Crippen LogP contribution in [0.25, 0.3) is 0 Å². The Morgan fingerprint density at radius 1 is 1.06 bits per heavy atom. The molecule has 0 aromatic heterocycles. The fourth-order valence-corrected chi connectivity index (χ4v) is 3.01. The maximum Gasteiger partial charge on any atom is 0.0105 e. The lowest BCUT2D eigenvalue weighted by Gasteiger charge is -2.30. The highest BCUT2D eigenvalue weighted by Crippen LogP contribution is 2.17. The van der Waals surface area contributed by atoms with Crippen LogP contribution >= 0.6 is 0 Å². The van der Waals surface area contributed by atoms with Gasteiger partial charge in [0, 0.05) is 12.1 Å². The summed E-state index contributed by atoms with van der Waals surface area (Å²) in [4.78, 5) is 4.96. The van der Waals surface area contributed by atoms with E-state index < -0.39 is 0 Å². The molecule has 2 aliphatic heterocycles. The summed E-state index contributed by atoms with van der Waals surface area (Å²) in [5.74, 6) is 0. The molecule has 0 aromatic carbocycles. The molecule has 0 amide bonds. The van der Waals surface area contributed by atoms with Crippen LogP contribution in [0.2, 0.25) is 0 Å². The van der Waals surface area contributed by atoms with Crippen LogP contribution in [0.4, 0.5) is 0 Å². The van der Waals surface area contributed by atoms with E-state index in [1.54, 1.807) is 0 Å². The minimum absolute atomic E-state index is 0.780. The number of hydrogen-bond acceptors (Lipinski definition) is 3. The largest absolute Gasteiger partial charge is 0.314 e. The third-order valence-corrected chi connectivity index (χ3v) is 4.30. The summed E-state index contributed by atoms with van der Waals surface area (Å²) in [6, 6.07) is 1.63. The van der Waals surface area contributed by atoms with E-state index in [9.17, 15) is 0 Å². The molecule has 2 saturated heterocycles. The Labute approximate surface area is 100 Å². The predicted octanol–water partition coefficient (Wildman–Crippen LogP) is 1.15. The maximum absolute atomic E-state index is 3.74. The van der Waals surface area contributed by atoms with Crippen molar-refractivity contribution in [3.63, 3.8) is 0 Å². The van der Waals surface area contributed by atoms with E-state index in [2.05, 4.69) is 29.2 Å². The second-order valence-corrected chi connectivity index (χ2v) is 5.60. The standard InChI is InChI=1S/C13H27N3/c1-15-10-6-12(7-11-15)14-8-5-13-4-3-9-16(13)2/h12-14H,3-11H2,1-2H3. The fraction of sp³-hybridized carbons (Fsp3) is 1.00. The van der Waals surface area contributed by atoms with Gasteiger partial charge in [0.15, 0.2) is 0 Å². The summed E-state index contributed by atoms with van der Waals surface area (Å²) in [5, 5.41) is 3.74. The van der Waals surface area contributed by atoms with Crippen LogP contribution in [-0.2, 0) is 0 Å². The zero-order chi connectivity index (χ0) is 11.4. The highest BCUT2D eigenvalue weighted by molar-refractivity contribution is 4.79. The molecule has 0 aliphatic carbocycles. The summed E-state index contributed by atoms with van der Waals surface area (Å²) in [6.07, 6.45) is 6.80. The summed E-state index contributed by atoms with van der Waals surface area (Å²) >= 11 is 0. The highest BCUT2D eigenvalue weighted by atomic mass is 15.1. The van der Waals surface area contributed by atoms with Gasteiger partial charge in [-0.1, -0.05) is 0 Å². The highest BCUT2D eigenvalue weighted by Gasteiger charge is 2.21. The van der Waals surface area contributed by atoms with Crippen LogP contribution in [0.3, 0.4) is 0 Å². The minimum atomic E-state index is 0.780. The van der Waals surface area contributed by atoms with Crippen molar-refractivity contribution in [3.8, 4) is 0 Å². The van der Waals surface area contributed by atoms with Crippen LogP contribution in [-0.4, -0.2) is 62.2 Å². The number of rotatable bonds is 4. The van der Waals surface area contributed by atoms with E-state index >= 15 is 0 Å². The molecule has 2 aliphatic rings. The van der Waals surface area contributed by atoms with Gasteiger partial charge in [0.05, 0.1) is 0 Å². The Morgan fingerprint density at radius 3 is 2.44 bits per heavy atom. The van der Waals surface area contributed by atoms with E-state index in [0.717, 1.165) is 12.1 Å². The van der Waals surface area contributed by atoms with E-state index in [1.165, 1.54) is 58.3 Å². The first-order valence-corrected chi connectivity index (χ1v) is 6.88. The van der Waals surface area contributed by atoms with Gasteiger partial charge in [-0.3, -0.25) is 0 Å². The Hall–Kier alpha value is -0.120. The van der Waals surface area contributed by atoms with Crippen LogP contribution in [0.5, 0.6) is 0 Å². The van der Waals surface area contributed by atoms with Crippen molar-refractivity contribution in [1.82, 2.24) is 15.1 Å². The van der Waals surface area contributed by atoms with Gasteiger partial charge in [0.2, 0.25) is 0 Å². The van der Waals surface area contributed by atoms with E-state index in [-0.39, 0.29) is 0 Å². The minimum Gasteiger partial charge on any atom is -0.314 e. The first kappa shape index (κ1) is 12.3. The fourth-order valence-electron chi connectivity index (χ4n) is 3.01. The van der Waals surface area contributed by atoms with Crippen molar-refractivity contribution in [3.05, 3.63) is 0 Å². The zero-order valence-corrected chi connectivity index (χ0v) is 10.9. The molecule has 1 atom stereocenters. The van der Waals surface area contributed by atoms with Gasteiger partial charge in [0.25, 0.3) is 0 Å². The first-order valence-electron chi connectivity index (χ1n) is 6.88. The molecule has 0 aromatic rings. The van der Waals surface area contributed by atoms with Crippen molar-refractivity contribution in [2.45, 2.75) is 44.2 Å². The van der Waals surface area contributed by atoms with Gasteiger partial charge in [0.1, 0.15) is 0 Å². The van der Waals surface area contributed by atoms with Gasteiger partial charge in [-0.2, -0.15) is 0 Å². The van der Waals surface area contributed by atoms with Gasteiger partial charge >= 0.3 is 0 Å². The van der Waals surface area contributed by atoms with Gasteiger partial charge < -0.3 is 15.1 Å². The number of nitrogens with one attached hydrogen (secondary N) is 1. The molecule has 0 bridgehead atoms. The molecular weight excluding hydrogens is 198 g/mol. The summed E-state index contributed by atoms with van der Waals surface area (Å²) in [6.45, 7) is 5.05. The lowest BCUT2D eigenvalue weighted by atomic mass is 10.0. The third kappa shape index (κ3) is 3.44. The van der Waals surface area contributed by atoms with Crippen molar-refractivity contribution in [2.75, 3.05) is 40.3 Å². The molecule has 2 heterocycles. The normalized spacial score (nSPS) is 30.0. The SMILES string of the molecule is CN1CCC(NCCC2CCCN2C)CC1. The topological polar surface area (TPSA) is 18.5 Å².